The number of halogens is 2. The zero-order valence-corrected chi connectivity index (χ0v) is 29.0. The Morgan fingerprint density at radius 1 is 0.857 bits per heavy atom. The molecule has 254 valence electrons. The minimum atomic E-state index is 0.0838. The first-order chi connectivity index (χ1) is 23.8. The van der Waals surface area contributed by atoms with Crippen LogP contribution >= 0.6 is 23.2 Å². The average Bonchev–Trinajstić information content (AvgIpc) is 3.74. The van der Waals surface area contributed by atoms with E-state index in [0.29, 0.717) is 88.3 Å². The maximum atomic E-state index is 11.5. The van der Waals surface area contributed by atoms with Crippen LogP contribution in [0, 0.1) is 6.92 Å². The fourth-order valence-electron chi connectivity index (χ4n) is 5.68. The summed E-state index contributed by atoms with van der Waals surface area (Å²) < 4.78 is 13.1. The molecule has 1 amide bonds. The lowest BCUT2D eigenvalue weighted by Crippen LogP contribution is -2.35. The van der Waals surface area contributed by atoms with E-state index in [1.54, 1.807) is 26.6 Å². The number of nitrogens with one attached hydrogen (secondary N) is 3. The van der Waals surface area contributed by atoms with Gasteiger partial charge in [0.05, 0.1) is 60.3 Å². The maximum Gasteiger partial charge on any atom is 0.237 e. The third-order valence-corrected chi connectivity index (χ3v) is 9.02. The molecule has 3 N–H and O–H groups in total. The molecule has 0 unspecified atom stereocenters. The van der Waals surface area contributed by atoms with Crippen LogP contribution in [0.4, 0.5) is 0 Å². The number of aryl methyl sites for hydroxylation is 1. The van der Waals surface area contributed by atoms with Crippen molar-refractivity contribution in [1.29, 1.82) is 0 Å². The zero-order chi connectivity index (χ0) is 34.3. The van der Waals surface area contributed by atoms with E-state index < -0.39 is 0 Å². The molecular formula is C35H37Cl2N9O3. The number of amides is 1. The van der Waals surface area contributed by atoms with Gasteiger partial charge in [-0.2, -0.15) is 5.10 Å². The van der Waals surface area contributed by atoms with Crippen LogP contribution in [0.3, 0.4) is 0 Å². The molecule has 1 saturated heterocycles. The van der Waals surface area contributed by atoms with E-state index in [2.05, 4.69) is 31.0 Å². The first-order valence-electron chi connectivity index (χ1n) is 15.9. The highest BCUT2D eigenvalue weighted by molar-refractivity contribution is 6.39. The van der Waals surface area contributed by atoms with Crippen molar-refractivity contribution in [1.82, 2.24) is 45.7 Å². The molecular weight excluding hydrogens is 665 g/mol. The largest absolute Gasteiger partial charge is 0.480 e. The molecule has 5 aromatic rings. The summed E-state index contributed by atoms with van der Waals surface area (Å²) in [5, 5.41) is 15.0. The summed E-state index contributed by atoms with van der Waals surface area (Å²) in [6, 6.07) is 13.5. The van der Waals surface area contributed by atoms with Gasteiger partial charge in [0, 0.05) is 67.1 Å². The summed E-state index contributed by atoms with van der Waals surface area (Å²) >= 11 is 14.1. The van der Waals surface area contributed by atoms with E-state index in [-0.39, 0.29) is 11.9 Å². The second kappa shape index (κ2) is 15.7. The van der Waals surface area contributed by atoms with E-state index in [1.807, 2.05) is 60.3 Å². The number of carbonyl (C=O) groups is 1. The molecule has 2 aromatic carbocycles. The van der Waals surface area contributed by atoms with Crippen molar-refractivity contribution in [2.75, 3.05) is 27.3 Å². The highest BCUT2D eigenvalue weighted by Crippen LogP contribution is 2.42. The highest BCUT2D eigenvalue weighted by Gasteiger charge is 2.21. The van der Waals surface area contributed by atoms with Crippen molar-refractivity contribution < 1.29 is 14.3 Å². The molecule has 6 rings (SSSR count). The summed E-state index contributed by atoms with van der Waals surface area (Å²) in [7, 11) is 3.13. The van der Waals surface area contributed by atoms with Gasteiger partial charge in [-0.1, -0.05) is 59.6 Å². The molecule has 0 saturated carbocycles. The summed E-state index contributed by atoms with van der Waals surface area (Å²) in [4.78, 5) is 30.2. The number of ether oxygens (including phenoxy) is 2. The molecule has 0 radical (unpaired) electrons. The van der Waals surface area contributed by atoms with E-state index in [4.69, 9.17) is 42.6 Å². The van der Waals surface area contributed by atoms with E-state index in [1.165, 1.54) is 0 Å². The molecule has 14 heteroatoms. The molecule has 4 heterocycles. The first-order valence-corrected chi connectivity index (χ1v) is 16.7. The topological polar surface area (TPSA) is 141 Å². The van der Waals surface area contributed by atoms with Crippen LogP contribution in [-0.4, -0.2) is 69.0 Å². The van der Waals surface area contributed by atoms with Crippen LogP contribution in [0.15, 0.2) is 61.1 Å². The summed E-state index contributed by atoms with van der Waals surface area (Å²) in [5.41, 5.74) is 6.28. The standard InChI is InChI=1S/C35H37Cl2N9O3/c1-21-12-14-46(45-21)15-13-38-17-29-34(48-2)43-27(19-40-29)25-8-4-6-23(32(25)36)24-7-5-9-26(33(24)37)28-20-41-30(35(44-28)49-3)18-39-16-22-10-11-31(47)42-22/h4-9,12,14,19-20,22,38-39H,10-11,13,15-18H2,1-3H3,(H,42,47)/t22-/m0/s1. The van der Waals surface area contributed by atoms with Crippen LogP contribution in [0.1, 0.15) is 29.9 Å². The number of nitrogens with zero attached hydrogens (tertiary/aromatic N) is 6. The second-order valence-corrected chi connectivity index (χ2v) is 12.3. The first kappa shape index (κ1) is 34.3. The van der Waals surface area contributed by atoms with Gasteiger partial charge in [0.2, 0.25) is 17.7 Å². The Morgan fingerprint density at radius 2 is 1.43 bits per heavy atom. The number of hydrogen-bond acceptors (Lipinski definition) is 10. The highest BCUT2D eigenvalue weighted by atomic mass is 35.5. The lowest BCUT2D eigenvalue weighted by molar-refractivity contribution is -0.119. The van der Waals surface area contributed by atoms with Crippen LogP contribution in [-0.2, 0) is 24.4 Å². The van der Waals surface area contributed by atoms with Gasteiger partial charge in [-0.15, -0.1) is 0 Å². The number of rotatable bonds is 14. The second-order valence-electron chi connectivity index (χ2n) is 11.6. The van der Waals surface area contributed by atoms with Gasteiger partial charge < -0.3 is 25.4 Å². The fourth-order valence-corrected chi connectivity index (χ4v) is 6.33. The van der Waals surface area contributed by atoms with Gasteiger partial charge in [-0.3, -0.25) is 19.4 Å². The minimum Gasteiger partial charge on any atom is -0.480 e. The minimum absolute atomic E-state index is 0.0838. The third-order valence-electron chi connectivity index (χ3n) is 8.20. The molecule has 3 aromatic heterocycles. The predicted molar refractivity (Wildman–Crippen MR) is 189 cm³/mol. The van der Waals surface area contributed by atoms with Gasteiger partial charge >= 0.3 is 0 Å². The van der Waals surface area contributed by atoms with E-state index >= 15 is 0 Å². The third kappa shape index (κ3) is 8.00. The molecule has 1 aliphatic rings. The molecule has 1 aliphatic heterocycles. The van der Waals surface area contributed by atoms with Crippen molar-refractivity contribution in [3.63, 3.8) is 0 Å². The lowest BCUT2D eigenvalue weighted by Gasteiger charge is -2.15. The summed E-state index contributed by atoms with van der Waals surface area (Å²) in [6.07, 6.45) is 6.70. The number of aromatic nitrogens is 6. The number of hydrogen-bond donors (Lipinski definition) is 3. The number of methoxy groups -OCH3 is 2. The van der Waals surface area contributed by atoms with E-state index in [0.717, 1.165) is 29.8 Å². The Morgan fingerprint density at radius 3 is 1.94 bits per heavy atom. The van der Waals surface area contributed by atoms with Crippen molar-refractivity contribution in [3.8, 4) is 45.4 Å². The van der Waals surface area contributed by atoms with E-state index in [9.17, 15) is 4.79 Å². The van der Waals surface area contributed by atoms with Gasteiger partial charge in [0.15, 0.2) is 0 Å². The molecule has 49 heavy (non-hydrogen) atoms. The Labute approximate surface area is 294 Å². The van der Waals surface area contributed by atoms with Crippen LogP contribution in [0.25, 0.3) is 33.6 Å². The van der Waals surface area contributed by atoms with Crippen LogP contribution < -0.4 is 25.4 Å². The summed E-state index contributed by atoms with van der Waals surface area (Å²) in [6.45, 7) is 4.98. The monoisotopic (exact) mass is 701 g/mol. The smallest absolute Gasteiger partial charge is 0.237 e. The Kier molecular flexibility index (Phi) is 11.0. The van der Waals surface area contributed by atoms with Crippen molar-refractivity contribution in [3.05, 3.63) is 88.2 Å². The molecule has 1 fully saturated rings. The fraction of sp³-hybridized carbons (Fsp3) is 0.314. The Balaban J connectivity index is 1.19. The molecule has 0 spiro atoms. The quantitative estimate of drug-likeness (QED) is 0.131. The number of carbonyl (C=O) groups excluding carboxylic acids is 1. The molecule has 1 atom stereocenters. The number of benzene rings is 2. The van der Waals surface area contributed by atoms with Crippen molar-refractivity contribution >= 4 is 29.1 Å². The maximum absolute atomic E-state index is 11.5. The normalized spacial score (nSPS) is 14.2. The zero-order valence-electron chi connectivity index (χ0n) is 27.5. The van der Waals surface area contributed by atoms with Gasteiger partial charge in [-0.25, -0.2) is 9.97 Å². The molecule has 12 nitrogen and oxygen atoms in total. The summed E-state index contributed by atoms with van der Waals surface area (Å²) in [5.74, 6) is 0.888. The van der Waals surface area contributed by atoms with Gasteiger partial charge in [-0.05, 0) is 19.4 Å². The predicted octanol–water partition coefficient (Wildman–Crippen LogP) is 5.25. The lowest BCUT2D eigenvalue weighted by atomic mass is 9.98. The molecule has 0 aliphatic carbocycles. The van der Waals surface area contributed by atoms with Crippen LogP contribution in [0.5, 0.6) is 11.8 Å². The van der Waals surface area contributed by atoms with Crippen molar-refractivity contribution in [2.24, 2.45) is 0 Å². The van der Waals surface area contributed by atoms with Gasteiger partial charge in [0.1, 0.15) is 11.4 Å². The average molecular weight is 703 g/mol. The SMILES string of the molecule is COc1nc(-c2cccc(-c3cccc(-c4cnc(CNC[C@@H]5CCC(=O)N5)c(OC)n4)c3Cl)c2Cl)cnc1CNCCn1ccc(C)n1. The Bertz CT molecular complexity index is 1950. The van der Waals surface area contributed by atoms with Gasteiger partial charge in [0.25, 0.3) is 0 Å². The Hall–Kier alpha value is -4.62. The van der Waals surface area contributed by atoms with Crippen molar-refractivity contribution in [2.45, 2.75) is 45.4 Å². The van der Waals surface area contributed by atoms with Crippen LogP contribution in [0.2, 0.25) is 10.0 Å². The molecule has 0 bridgehead atoms.